The predicted octanol–water partition coefficient (Wildman–Crippen LogP) is 3.84. The van der Waals surface area contributed by atoms with Gasteiger partial charge >= 0.3 is 0 Å². The van der Waals surface area contributed by atoms with Crippen LogP contribution in [0.4, 0.5) is 0 Å². The molecule has 3 aromatic rings. The van der Waals surface area contributed by atoms with Crippen molar-refractivity contribution in [2.24, 2.45) is 5.92 Å². The molecule has 5 nitrogen and oxygen atoms in total. The van der Waals surface area contributed by atoms with Gasteiger partial charge in [-0.15, -0.1) is 13.2 Å². The Morgan fingerprint density at radius 2 is 1.77 bits per heavy atom. The van der Waals surface area contributed by atoms with Gasteiger partial charge in [-0.1, -0.05) is 30.3 Å². The lowest BCUT2D eigenvalue weighted by atomic mass is 9.75. The Balaban J connectivity index is 0.00000106. The van der Waals surface area contributed by atoms with Crippen molar-refractivity contribution < 1.29 is 13.2 Å². The number of carbonyl (C=O) groups excluding carboxylic acids is 1. The molecule has 0 N–H and O–H groups in total. The first-order valence-corrected chi connectivity index (χ1v) is 11.5. The molecule has 1 fully saturated rings. The van der Waals surface area contributed by atoms with E-state index in [0.717, 1.165) is 29.5 Å². The third kappa shape index (κ3) is 2.94. The minimum atomic E-state index is -3.67. The van der Waals surface area contributed by atoms with E-state index >= 15 is 0 Å². The van der Waals surface area contributed by atoms with Gasteiger partial charge in [-0.25, -0.2) is 12.4 Å². The fourth-order valence-electron chi connectivity index (χ4n) is 5.12. The van der Waals surface area contributed by atoms with Crippen molar-refractivity contribution in [1.29, 1.82) is 0 Å². The highest BCUT2D eigenvalue weighted by Gasteiger charge is 2.46. The van der Waals surface area contributed by atoms with Crippen molar-refractivity contribution in [2.45, 2.75) is 30.2 Å². The molecule has 1 saturated heterocycles. The number of fused-ring (bicyclic) bond motifs is 2. The minimum Gasteiger partial charge on any atom is -0.302 e. The Morgan fingerprint density at radius 1 is 1.07 bits per heavy atom. The SMILES string of the molecule is C=C.CC(=O)C1CN(C)C2Cc3cn(S(=O)(=O)c4ccccc4)c4cccc(c34)C12. The molecule has 1 aliphatic heterocycles. The van der Waals surface area contributed by atoms with E-state index in [2.05, 4.69) is 31.2 Å². The van der Waals surface area contributed by atoms with Crippen LogP contribution in [0, 0.1) is 5.92 Å². The van der Waals surface area contributed by atoms with E-state index in [9.17, 15) is 13.2 Å². The third-order valence-electron chi connectivity index (χ3n) is 6.42. The van der Waals surface area contributed by atoms with Crippen LogP contribution in [0.3, 0.4) is 0 Å². The first-order valence-electron chi connectivity index (χ1n) is 10.0. The monoisotopic (exact) mass is 422 g/mol. The summed E-state index contributed by atoms with van der Waals surface area (Å²) in [6.45, 7) is 8.43. The summed E-state index contributed by atoms with van der Waals surface area (Å²) >= 11 is 0. The molecule has 6 heteroatoms. The Morgan fingerprint density at radius 3 is 2.43 bits per heavy atom. The summed E-state index contributed by atoms with van der Waals surface area (Å²) in [5.74, 6) is 0.285. The Hall–Kier alpha value is -2.70. The number of ketones is 1. The van der Waals surface area contributed by atoms with Gasteiger partial charge in [-0.05, 0) is 49.7 Å². The number of likely N-dealkylation sites (tertiary alicyclic amines) is 1. The molecule has 0 bridgehead atoms. The molecular formula is C24H26N2O3S. The molecule has 1 aliphatic carbocycles. The number of hydrogen-bond acceptors (Lipinski definition) is 4. The molecule has 30 heavy (non-hydrogen) atoms. The number of nitrogens with zero attached hydrogens (tertiary/aromatic N) is 2. The van der Waals surface area contributed by atoms with Gasteiger partial charge in [0.1, 0.15) is 5.78 Å². The number of benzene rings is 2. The number of likely N-dealkylation sites (N-methyl/N-ethyl adjacent to an activating group) is 1. The van der Waals surface area contributed by atoms with Crippen molar-refractivity contribution in [1.82, 2.24) is 8.87 Å². The van der Waals surface area contributed by atoms with Crippen LogP contribution in [0.5, 0.6) is 0 Å². The maximum atomic E-state index is 13.3. The zero-order chi connectivity index (χ0) is 21.6. The topological polar surface area (TPSA) is 59.4 Å². The average Bonchev–Trinajstić information content (AvgIpc) is 3.31. The van der Waals surface area contributed by atoms with Crippen LogP contribution in [-0.2, 0) is 21.2 Å². The quantitative estimate of drug-likeness (QED) is 0.602. The Labute approximate surface area is 177 Å². The first-order chi connectivity index (χ1) is 14.4. The second-order valence-corrected chi connectivity index (χ2v) is 9.78. The molecule has 5 rings (SSSR count). The summed E-state index contributed by atoms with van der Waals surface area (Å²) in [4.78, 5) is 14.8. The van der Waals surface area contributed by atoms with Crippen LogP contribution in [0.25, 0.3) is 10.9 Å². The molecule has 2 heterocycles. The number of hydrogen-bond donors (Lipinski definition) is 0. The van der Waals surface area contributed by atoms with Gasteiger partial charge in [0.15, 0.2) is 0 Å². The molecule has 1 aromatic heterocycles. The van der Waals surface area contributed by atoms with Crippen LogP contribution in [-0.4, -0.2) is 42.7 Å². The number of carbonyl (C=O) groups is 1. The summed E-state index contributed by atoms with van der Waals surface area (Å²) in [6.07, 6.45) is 2.54. The second kappa shape index (κ2) is 7.52. The molecule has 0 radical (unpaired) electrons. The van der Waals surface area contributed by atoms with Gasteiger partial charge < -0.3 is 4.90 Å². The number of rotatable bonds is 3. The highest BCUT2D eigenvalue weighted by atomic mass is 32.2. The van der Waals surface area contributed by atoms with Crippen molar-refractivity contribution in [3.8, 4) is 0 Å². The smallest absolute Gasteiger partial charge is 0.268 e. The lowest BCUT2D eigenvalue weighted by Gasteiger charge is -2.31. The first kappa shape index (κ1) is 20.6. The van der Waals surface area contributed by atoms with E-state index in [-0.39, 0.29) is 28.6 Å². The highest BCUT2D eigenvalue weighted by Crippen LogP contribution is 2.47. The van der Waals surface area contributed by atoms with Crippen LogP contribution in [0.1, 0.15) is 24.0 Å². The van der Waals surface area contributed by atoms with Crippen LogP contribution >= 0.6 is 0 Å². The molecule has 3 atom stereocenters. The molecule has 3 unspecified atom stereocenters. The van der Waals surface area contributed by atoms with E-state index in [1.807, 2.05) is 18.2 Å². The minimum absolute atomic E-state index is 0.0390. The summed E-state index contributed by atoms with van der Waals surface area (Å²) in [7, 11) is -1.62. The van der Waals surface area contributed by atoms with Crippen LogP contribution in [0.2, 0.25) is 0 Å². The van der Waals surface area contributed by atoms with Crippen molar-refractivity contribution in [3.05, 3.63) is 79.0 Å². The highest BCUT2D eigenvalue weighted by molar-refractivity contribution is 7.90. The zero-order valence-corrected chi connectivity index (χ0v) is 18.1. The van der Waals surface area contributed by atoms with E-state index in [0.29, 0.717) is 5.52 Å². The van der Waals surface area contributed by atoms with E-state index in [1.54, 1.807) is 37.4 Å². The lowest BCUT2D eigenvalue weighted by Crippen LogP contribution is -2.33. The Kier molecular flexibility index (Phi) is 5.16. The Bertz CT molecular complexity index is 1210. The summed E-state index contributed by atoms with van der Waals surface area (Å²) in [6, 6.07) is 14.6. The average molecular weight is 423 g/mol. The third-order valence-corrected chi connectivity index (χ3v) is 8.10. The summed E-state index contributed by atoms with van der Waals surface area (Å²) < 4.78 is 28.0. The maximum absolute atomic E-state index is 13.3. The van der Waals surface area contributed by atoms with E-state index in [1.165, 1.54) is 3.97 Å². The van der Waals surface area contributed by atoms with Gasteiger partial charge in [0.25, 0.3) is 10.0 Å². The lowest BCUT2D eigenvalue weighted by molar-refractivity contribution is -0.120. The molecular weight excluding hydrogens is 396 g/mol. The van der Waals surface area contributed by atoms with Crippen molar-refractivity contribution in [3.63, 3.8) is 0 Å². The van der Waals surface area contributed by atoms with Crippen LogP contribution < -0.4 is 0 Å². The van der Waals surface area contributed by atoms with E-state index in [4.69, 9.17) is 0 Å². The largest absolute Gasteiger partial charge is 0.302 e. The van der Waals surface area contributed by atoms with Crippen LogP contribution in [0.15, 0.2) is 72.8 Å². The summed E-state index contributed by atoms with van der Waals surface area (Å²) in [5.41, 5.74) is 2.85. The predicted molar refractivity (Wildman–Crippen MR) is 119 cm³/mol. The molecule has 0 saturated carbocycles. The fourth-order valence-corrected chi connectivity index (χ4v) is 6.52. The van der Waals surface area contributed by atoms with Gasteiger partial charge in [0, 0.05) is 36.0 Å². The number of aromatic nitrogens is 1. The fraction of sp³-hybridized carbons (Fsp3) is 0.292. The van der Waals surface area contributed by atoms with Crippen molar-refractivity contribution >= 4 is 26.7 Å². The second-order valence-electron chi connectivity index (χ2n) is 7.96. The molecule has 2 aromatic carbocycles. The zero-order valence-electron chi connectivity index (χ0n) is 17.3. The maximum Gasteiger partial charge on any atom is 0.268 e. The summed E-state index contributed by atoms with van der Waals surface area (Å²) in [5, 5.41) is 1.00. The van der Waals surface area contributed by atoms with Gasteiger partial charge in [-0.2, -0.15) is 0 Å². The molecule has 2 aliphatic rings. The number of Topliss-reactive ketones (excluding diaryl/α,β-unsaturated/α-hetero) is 1. The normalized spacial score (nSPS) is 22.9. The van der Waals surface area contributed by atoms with Gasteiger partial charge in [0.05, 0.1) is 10.4 Å². The molecule has 0 spiro atoms. The molecule has 156 valence electrons. The van der Waals surface area contributed by atoms with Gasteiger partial charge in [0.2, 0.25) is 0 Å². The van der Waals surface area contributed by atoms with E-state index < -0.39 is 10.0 Å². The molecule has 0 amide bonds. The standard InChI is InChI=1S/C22H22N2O3S.C2H4/c1-14(25)18-13-23(2)20-11-15-12-24(28(26,27)16-7-4-3-5-8-16)19-10-6-9-17(21(15)19)22(18)20;1-2/h3-10,12,18,20,22H,11,13H2,1-2H3;1-2H2. The van der Waals surface area contributed by atoms with Gasteiger partial charge in [-0.3, -0.25) is 4.79 Å². The van der Waals surface area contributed by atoms with Crippen molar-refractivity contribution in [2.75, 3.05) is 13.6 Å².